The van der Waals surface area contributed by atoms with Gasteiger partial charge in [-0.05, 0) is 40.1 Å². The van der Waals surface area contributed by atoms with E-state index >= 15 is 0 Å². The lowest BCUT2D eigenvalue weighted by atomic mass is 10.3. The summed E-state index contributed by atoms with van der Waals surface area (Å²) in [7, 11) is 4.13. The molecule has 0 aliphatic rings. The van der Waals surface area contributed by atoms with Gasteiger partial charge in [-0.1, -0.05) is 11.6 Å². The van der Waals surface area contributed by atoms with E-state index in [-0.39, 0.29) is 5.38 Å². The van der Waals surface area contributed by atoms with Crippen molar-refractivity contribution in [2.75, 3.05) is 20.6 Å². The number of hydrogen-bond donors (Lipinski definition) is 0. The Morgan fingerprint density at radius 1 is 1.42 bits per heavy atom. The van der Waals surface area contributed by atoms with E-state index in [1.165, 1.54) is 0 Å². The monoisotopic (exact) mass is 300 g/mol. The van der Waals surface area contributed by atoms with Gasteiger partial charge in [-0.2, -0.15) is 0 Å². The van der Waals surface area contributed by atoms with Gasteiger partial charge in [-0.15, -0.1) is 11.6 Å². The third-order valence-corrected chi connectivity index (χ3v) is 3.33. The maximum atomic E-state index is 6.21. The molecule has 19 heavy (non-hydrogen) atoms. The van der Waals surface area contributed by atoms with Gasteiger partial charge < -0.3 is 9.47 Å². The van der Waals surface area contributed by atoms with Crippen LogP contribution in [0.3, 0.4) is 0 Å². The van der Waals surface area contributed by atoms with E-state index < -0.39 is 0 Å². The van der Waals surface area contributed by atoms with Crippen molar-refractivity contribution in [1.29, 1.82) is 0 Å². The number of fused-ring (bicyclic) bond motifs is 1. The lowest BCUT2D eigenvalue weighted by Gasteiger charge is -2.12. The Hall–Kier alpha value is -0.840. The summed E-state index contributed by atoms with van der Waals surface area (Å²) >= 11 is 12.2. The van der Waals surface area contributed by atoms with E-state index in [0.29, 0.717) is 5.02 Å². The SMILES string of the molecule is CC(Cl)c1nc2cc(Cl)cnc2n1CCCN(C)C. The molecule has 4 nitrogen and oxygen atoms in total. The minimum Gasteiger partial charge on any atom is -0.311 e. The number of imidazole rings is 1. The number of rotatable bonds is 5. The number of alkyl halides is 1. The van der Waals surface area contributed by atoms with Crippen molar-refractivity contribution in [3.8, 4) is 0 Å². The van der Waals surface area contributed by atoms with Crippen molar-refractivity contribution in [3.05, 3.63) is 23.1 Å². The number of hydrogen-bond acceptors (Lipinski definition) is 3. The van der Waals surface area contributed by atoms with Crippen LogP contribution < -0.4 is 0 Å². The Kier molecular flexibility index (Phi) is 4.66. The quantitative estimate of drug-likeness (QED) is 0.794. The standard InChI is InChI=1S/C13H18Cl2N4/c1-9(14)12-17-11-7-10(15)8-16-13(11)19(12)6-4-5-18(2)3/h7-9H,4-6H2,1-3H3. The minimum absolute atomic E-state index is 0.146. The predicted molar refractivity (Wildman–Crippen MR) is 80.0 cm³/mol. The zero-order valence-electron chi connectivity index (χ0n) is 11.4. The first kappa shape index (κ1) is 14.6. The molecule has 0 saturated heterocycles. The third-order valence-electron chi connectivity index (χ3n) is 2.92. The molecule has 0 N–H and O–H groups in total. The number of aromatic nitrogens is 3. The fourth-order valence-corrected chi connectivity index (χ4v) is 2.39. The molecule has 0 spiro atoms. The number of pyridine rings is 1. The van der Waals surface area contributed by atoms with Crippen LogP contribution in [0.2, 0.25) is 5.02 Å². The second-order valence-corrected chi connectivity index (χ2v) is 5.98. The number of nitrogens with zero attached hydrogens (tertiary/aromatic N) is 4. The molecular formula is C13H18Cl2N4. The van der Waals surface area contributed by atoms with Crippen molar-refractivity contribution in [2.24, 2.45) is 0 Å². The molecule has 2 aromatic heterocycles. The van der Waals surface area contributed by atoms with E-state index in [1.54, 1.807) is 6.20 Å². The van der Waals surface area contributed by atoms with Gasteiger partial charge in [0.1, 0.15) is 11.3 Å². The molecule has 6 heteroatoms. The van der Waals surface area contributed by atoms with Crippen molar-refractivity contribution in [2.45, 2.75) is 25.3 Å². The first-order valence-electron chi connectivity index (χ1n) is 6.29. The molecule has 0 bridgehead atoms. The molecule has 0 aliphatic heterocycles. The molecule has 0 aliphatic carbocycles. The van der Waals surface area contributed by atoms with Crippen LogP contribution in [0.1, 0.15) is 24.5 Å². The molecule has 1 atom stereocenters. The lowest BCUT2D eigenvalue weighted by molar-refractivity contribution is 0.386. The van der Waals surface area contributed by atoms with Gasteiger partial charge in [0, 0.05) is 12.7 Å². The van der Waals surface area contributed by atoms with Crippen LogP contribution in [-0.4, -0.2) is 40.1 Å². The molecule has 0 radical (unpaired) electrons. The average Bonchev–Trinajstić information content (AvgIpc) is 2.67. The third kappa shape index (κ3) is 3.38. The van der Waals surface area contributed by atoms with Crippen LogP contribution in [0.4, 0.5) is 0 Å². The summed E-state index contributed by atoms with van der Waals surface area (Å²) in [4.78, 5) is 11.1. The van der Waals surface area contributed by atoms with Crippen LogP contribution >= 0.6 is 23.2 Å². The zero-order valence-corrected chi connectivity index (χ0v) is 12.9. The molecule has 2 aromatic rings. The zero-order chi connectivity index (χ0) is 14.0. The molecule has 0 amide bonds. The van der Waals surface area contributed by atoms with Gasteiger partial charge in [-0.25, -0.2) is 9.97 Å². The fraction of sp³-hybridized carbons (Fsp3) is 0.538. The molecule has 0 fully saturated rings. The van der Waals surface area contributed by atoms with E-state index in [1.807, 2.05) is 13.0 Å². The largest absolute Gasteiger partial charge is 0.311 e. The minimum atomic E-state index is -0.146. The normalized spacial score (nSPS) is 13.4. The molecular weight excluding hydrogens is 283 g/mol. The summed E-state index contributed by atoms with van der Waals surface area (Å²) in [5.74, 6) is 0.852. The van der Waals surface area contributed by atoms with Gasteiger partial charge in [-0.3, -0.25) is 0 Å². The Labute approximate surface area is 123 Å². The second-order valence-electron chi connectivity index (χ2n) is 4.89. The highest BCUT2D eigenvalue weighted by atomic mass is 35.5. The van der Waals surface area contributed by atoms with Gasteiger partial charge in [0.05, 0.1) is 10.4 Å². The Bertz CT molecular complexity index is 563. The Balaban J connectivity index is 2.35. The molecule has 104 valence electrons. The first-order valence-corrected chi connectivity index (χ1v) is 7.11. The van der Waals surface area contributed by atoms with Crippen molar-refractivity contribution in [1.82, 2.24) is 19.4 Å². The highest BCUT2D eigenvalue weighted by Crippen LogP contribution is 2.25. The Morgan fingerprint density at radius 2 is 2.16 bits per heavy atom. The second kappa shape index (κ2) is 6.07. The molecule has 2 heterocycles. The van der Waals surface area contributed by atoms with Crippen LogP contribution in [0.5, 0.6) is 0 Å². The summed E-state index contributed by atoms with van der Waals surface area (Å²) in [5.41, 5.74) is 1.66. The van der Waals surface area contributed by atoms with E-state index in [0.717, 1.165) is 36.5 Å². The average molecular weight is 301 g/mol. The van der Waals surface area contributed by atoms with Crippen molar-refractivity contribution in [3.63, 3.8) is 0 Å². The summed E-state index contributed by atoms with van der Waals surface area (Å²) in [6.45, 7) is 3.80. The molecule has 0 aromatic carbocycles. The maximum Gasteiger partial charge on any atom is 0.160 e. The summed E-state index contributed by atoms with van der Waals surface area (Å²) in [6.07, 6.45) is 2.68. The van der Waals surface area contributed by atoms with Crippen LogP contribution in [0.25, 0.3) is 11.2 Å². The Morgan fingerprint density at radius 3 is 2.79 bits per heavy atom. The fourth-order valence-electron chi connectivity index (χ4n) is 2.07. The van der Waals surface area contributed by atoms with Crippen LogP contribution in [0, 0.1) is 0 Å². The summed E-state index contributed by atoms with van der Waals surface area (Å²) < 4.78 is 2.09. The van der Waals surface area contributed by atoms with Gasteiger partial charge in [0.2, 0.25) is 0 Å². The van der Waals surface area contributed by atoms with E-state index in [2.05, 4.69) is 33.5 Å². The van der Waals surface area contributed by atoms with Crippen LogP contribution in [0.15, 0.2) is 12.3 Å². The smallest absolute Gasteiger partial charge is 0.160 e. The van der Waals surface area contributed by atoms with Crippen LogP contribution in [-0.2, 0) is 6.54 Å². The first-order chi connectivity index (χ1) is 8.99. The summed E-state index contributed by atoms with van der Waals surface area (Å²) in [6, 6.07) is 1.83. The van der Waals surface area contributed by atoms with E-state index in [9.17, 15) is 0 Å². The van der Waals surface area contributed by atoms with Gasteiger partial charge in [0.25, 0.3) is 0 Å². The topological polar surface area (TPSA) is 34.0 Å². The van der Waals surface area contributed by atoms with E-state index in [4.69, 9.17) is 23.2 Å². The number of halogens is 2. The summed E-state index contributed by atoms with van der Waals surface area (Å²) in [5, 5.41) is 0.451. The highest BCUT2D eigenvalue weighted by molar-refractivity contribution is 6.31. The number of aryl methyl sites for hydroxylation is 1. The predicted octanol–water partition coefficient (Wildman–Crippen LogP) is 3.34. The molecule has 0 saturated carbocycles. The van der Waals surface area contributed by atoms with Gasteiger partial charge in [0.15, 0.2) is 5.65 Å². The highest BCUT2D eigenvalue weighted by Gasteiger charge is 2.15. The molecule has 2 rings (SSSR count). The maximum absolute atomic E-state index is 6.21. The molecule has 1 unspecified atom stereocenters. The van der Waals surface area contributed by atoms with Gasteiger partial charge >= 0.3 is 0 Å². The van der Waals surface area contributed by atoms with Crippen molar-refractivity contribution < 1.29 is 0 Å². The van der Waals surface area contributed by atoms with Crippen molar-refractivity contribution >= 4 is 34.4 Å². The lowest BCUT2D eigenvalue weighted by Crippen LogP contribution is -2.16.